The average Bonchev–Trinajstić information content (AvgIpc) is 0.816. The number of para-hydroxylation sites is 2. The van der Waals surface area contributed by atoms with E-state index < -0.39 is 0 Å². The van der Waals surface area contributed by atoms with Crippen LogP contribution in [-0.4, -0.2) is 247 Å². The Labute approximate surface area is 705 Å². The number of nitrogens with zero attached hydrogens (tertiary/aromatic N) is 20. The first-order valence-electron chi connectivity index (χ1n) is 40.1. The molecule has 8 aliphatic heterocycles. The van der Waals surface area contributed by atoms with Crippen LogP contribution in [0, 0.1) is 13.8 Å². The molecule has 4 saturated heterocycles. The lowest BCUT2D eigenvalue weighted by atomic mass is 10.0. The van der Waals surface area contributed by atoms with Crippen LogP contribution in [0.25, 0.3) is 6.08 Å². The molecule has 0 unspecified atom stereocenters. The second kappa shape index (κ2) is 39.5. The van der Waals surface area contributed by atoms with Crippen molar-refractivity contribution in [3.8, 4) is 5.75 Å². The number of thiocarbonyl (C=S) groups is 4. The number of phenols is 1. The van der Waals surface area contributed by atoms with Crippen LogP contribution in [0.4, 0.5) is 45.5 Å². The molecule has 8 aliphatic rings. The van der Waals surface area contributed by atoms with Gasteiger partial charge in [-0.1, -0.05) is 69.0 Å². The number of benzene rings is 4. The maximum Gasteiger partial charge on any atom is 0.189 e. The maximum atomic E-state index is 10.0. The van der Waals surface area contributed by atoms with Crippen molar-refractivity contribution in [3.63, 3.8) is 0 Å². The fraction of sp³-hybridized carbons (Fsp3) is 0.379. The number of hydrogen-bond donors (Lipinski definition) is 5. The van der Waals surface area contributed by atoms with Gasteiger partial charge in [-0.05, 0) is 188 Å². The molecule has 16 rings (SSSR count). The first-order valence-corrected chi connectivity index (χ1v) is 41.8. The van der Waals surface area contributed by atoms with Gasteiger partial charge in [0, 0.05) is 227 Å². The van der Waals surface area contributed by atoms with Gasteiger partial charge in [-0.15, -0.1) is 0 Å². The lowest BCUT2D eigenvalue weighted by Gasteiger charge is -2.37. The monoisotopic (exact) mass is 1630 g/mol. The molecule has 12 heterocycles. The summed E-state index contributed by atoms with van der Waals surface area (Å²) in [5, 5.41) is 31.1. The Hall–Kier alpha value is -11.1. The first-order chi connectivity index (χ1) is 56.3. The Morgan fingerprint density at radius 1 is 0.371 bits per heavy atom. The zero-order valence-electron chi connectivity index (χ0n) is 67.9. The lowest BCUT2D eigenvalue weighted by Crippen LogP contribution is -2.51. The predicted molar refractivity (Wildman–Crippen MR) is 494 cm³/mol. The number of aryl methyl sites for hydroxylation is 2. The molecular weight excluding hydrogens is 1530 g/mol. The summed E-state index contributed by atoms with van der Waals surface area (Å²) in [5.74, 6) is 0.879. The van der Waals surface area contributed by atoms with Crippen LogP contribution >= 0.6 is 48.9 Å². The van der Waals surface area contributed by atoms with Crippen LogP contribution in [0.5, 0.6) is 5.75 Å². The molecular formula is C87H108N24OS4. The van der Waals surface area contributed by atoms with Gasteiger partial charge in [0.1, 0.15) is 28.5 Å². The van der Waals surface area contributed by atoms with E-state index in [1.165, 1.54) is 33.8 Å². The van der Waals surface area contributed by atoms with Crippen molar-refractivity contribution in [1.82, 2.24) is 61.2 Å². The zero-order valence-corrected chi connectivity index (χ0v) is 71.2. The molecule has 606 valence electrons. The predicted octanol–water partition coefficient (Wildman–Crippen LogP) is 11.4. The van der Waals surface area contributed by atoms with Crippen molar-refractivity contribution in [2.45, 2.75) is 59.3 Å². The number of piperazine rings is 4. The minimum atomic E-state index is 0.316. The number of pyridine rings is 4. The van der Waals surface area contributed by atoms with Crippen LogP contribution in [0.15, 0.2) is 191 Å². The van der Waals surface area contributed by atoms with Crippen LogP contribution in [0.2, 0.25) is 0 Å². The summed E-state index contributed by atoms with van der Waals surface area (Å²) in [7, 11) is 8.33. The van der Waals surface area contributed by atoms with Gasteiger partial charge in [0.25, 0.3) is 0 Å². The second-order valence-corrected chi connectivity index (χ2v) is 31.9. The van der Waals surface area contributed by atoms with Crippen molar-refractivity contribution < 1.29 is 5.11 Å². The third-order valence-corrected chi connectivity index (χ3v) is 23.6. The van der Waals surface area contributed by atoms with Crippen molar-refractivity contribution in [2.24, 2.45) is 20.4 Å². The number of anilines is 8. The van der Waals surface area contributed by atoms with Crippen LogP contribution < -0.4 is 60.9 Å². The van der Waals surface area contributed by atoms with Gasteiger partial charge in [0.05, 0.1) is 51.3 Å². The highest BCUT2D eigenvalue weighted by molar-refractivity contribution is 7.80. The van der Waals surface area contributed by atoms with Crippen LogP contribution in [0.1, 0.15) is 90.5 Å². The second-order valence-electron chi connectivity index (χ2n) is 30.3. The SMILES string of the molecule is C=Cc1ccc(N2CCN(C(=S)N/N=C3/CCN(C)c4cccnc43)CC2)cc1.CC(C)c1ccc(N2CCN(C(=S)N/N=C3/CCN(C)c4cccnc43)CC2)cc1.CN1CC/C(=N/NC(=S)N2CCN(c3ccccc3O)CC2)c2ncccc21.Cc1cc(C)cc(N2CCN(C(=S)N/N=C3/CCN(C)c4cccnc43)CC2)c1. The highest BCUT2D eigenvalue weighted by Gasteiger charge is 2.29. The van der Waals surface area contributed by atoms with Crippen molar-refractivity contribution in [3.05, 3.63) is 216 Å². The minimum Gasteiger partial charge on any atom is -0.506 e. The van der Waals surface area contributed by atoms with Gasteiger partial charge in [0.2, 0.25) is 0 Å². The Kier molecular flexibility index (Phi) is 28.2. The molecule has 0 bridgehead atoms. The summed E-state index contributed by atoms with van der Waals surface area (Å²) in [5.41, 5.74) is 34.2. The molecule has 0 spiro atoms. The summed E-state index contributed by atoms with van der Waals surface area (Å²) in [4.78, 5) is 45.0. The molecule has 4 aromatic heterocycles. The van der Waals surface area contributed by atoms with Crippen LogP contribution in [-0.2, 0) is 0 Å². The van der Waals surface area contributed by atoms with Gasteiger partial charge in [-0.3, -0.25) is 41.6 Å². The summed E-state index contributed by atoms with van der Waals surface area (Å²) < 4.78 is 0. The fourth-order valence-corrected chi connectivity index (χ4v) is 16.3. The quantitative estimate of drug-likeness (QED) is 0.0637. The Bertz CT molecular complexity index is 4850. The van der Waals surface area contributed by atoms with E-state index in [-0.39, 0.29) is 0 Å². The summed E-state index contributed by atoms with van der Waals surface area (Å²) in [6.45, 7) is 30.4. The van der Waals surface area contributed by atoms with Gasteiger partial charge >= 0.3 is 0 Å². The van der Waals surface area contributed by atoms with Crippen molar-refractivity contribution in [2.75, 3.05) is 198 Å². The summed E-state index contributed by atoms with van der Waals surface area (Å²) in [6, 6.07) is 47.8. The van der Waals surface area contributed by atoms with E-state index in [9.17, 15) is 5.11 Å². The third-order valence-electron chi connectivity index (χ3n) is 22.2. The number of nitrogens with one attached hydrogen (secondary N) is 4. The van der Waals surface area contributed by atoms with E-state index in [1.807, 2.05) is 67.1 Å². The molecule has 4 aromatic carbocycles. The Morgan fingerprint density at radius 2 is 0.664 bits per heavy atom. The Morgan fingerprint density at radius 3 is 0.974 bits per heavy atom. The van der Waals surface area contributed by atoms with E-state index in [0.29, 0.717) is 32.1 Å². The average molecular weight is 1630 g/mol. The topological polar surface area (TPSA) is 208 Å². The zero-order chi connectivity index (χ0) is 81.2. The van der Waals surface area contributed by atoms with Crippen molar-refractivity contribution in [1.29, 1.82) is 0 Å². The molecule has 0 amide bonds. The highest BCUT2D eigenvalue weighted by atomic mass is 32.1. The van der Waals surface area contributed by atoms with Gasteiger partial charge in [-0.25, -0.2) is 0 Å². The van der Waals surface area contributed by atoms with E-state index in [2.05, 4.69) is 274 Å². The number of fused-ring (bicyclic) bond motifs is 4. The highest BCUT2D eigenvalue weighted by Crippen LogP contribution is 2.31. The molecule has 0 atom stereocenters. The smallest absolute Gasteiger partial charge is 0.189 e. The van der Waals surface area contributed by atoms with Gasteiger partial charge < -0.3 is 63.9 Å². The number of hydrazone groups is 4. The van der Waals surface area contributed by atoms with E-state index in [0.717, 1.165) is 236 Å². The number of hydrogen-bond acceptors (Lipinski definition) is 21. The molecule has 5 N–H and O–H groups in total. The summed E-state index contributed by atoms with van der Waals surface area (Å²) >= 11 is 22.4. The van der Waals surface area contributed by atoms with E-state index in [1.54, 1.807) is 12.3 Å². The van der Waals surface area contributed by atoms with E-state index >= 15 is 0 Å². The molecule has 0 aliphatic carbocycles. The number of phenolic OH excluding ortho intramolecular Hbond substituents is 1. The fourth-order valence-electron chi connectivity index (χ4n) is 15.3. The number of aromatic nitrogens is 4. The molecule has 0 radical (unpaired) electrons. The van der Waals surface area contributed by atoms with Crippen molar-refractivity contribution >= 4 is 144 Å². The largest absolute Gasteiger partial charge is 0.506 e. The van der Waals surface area contributed by atoms with Gasteiger partial charge in [-0.2, -0.15) is 20.4 Å². The standard InChI is InChI=1S/C23H30N6S.C22H28N6S.C22H26N6S.C20H24N6OS/c1-17(2)18-6-8-19(9-7-18)28-13-15-29(16-14-28)23(30)26-25-20-10-12-27(3)21-5-4-11-24-22(20)21;1-16-13-17(2)15-18(14-16)27-9-11-28(12-10-27)22(29)25-24-19-6-8-26(3)20-5-4-7-23-21(19)20;1-3-17-6-8-18(9-7-17)27-13-15-28(16-14-27)22(29)25-24-19-10-12-26(2)20-5-4-11-23-21(19)20;1-24-10-8-15(19-17(24)6-4-9-21-19)22-23-20(28)26-13-11-25(12-14-26)16-5-2-3-7-18(16)27/h4-9,11,17H,10,12-16H2,1-3H3,(H,26,30);4-5,7,13-15H,6,8-12H2,1-3H3,(H,25,29);3-9,11H,1,10,12-16H2,2H3,(H,25,29);2-7,9,27H,8,10-14H2,1H3,(H,23,28)/b25-20-;2*24-19-;22-15-. The summed E-state index contributed by atoms with van der Waals surface area (Å²) in [6.07, 6.45) is 12.5. The Balaban J connectivity index is 0.000000135. The molecule has 29 heteroatoms. The van der Waals surface area contributed by atoms with Gasteiger partial charge in [0.15, 0.2) is 20.4 Å². The molecule has 0 saturated carbocycles. The number of rotatable bonds is 10. The number of aromatic hydroxyl groups is 1. The maximum absolute atomic E-state index is 10.0. The third kappa shape index (κ3) is 20.9. The minimum absolute atomic E-state index is 0.316. The molecule has 4 fully saturated rings. The molecule has 116 heavy (non-hydrogen) atoms. The van der Waals surface area contributed by atoms with E-state index in [4.69, 9.17) is 48.9 Å². The molecule has 25 nitrogen and oxygen atoms in total. The first kappa shape index (κ1) is 82.8. The van der Waals surface area contributed by atoms with Crippen LogP contribution in [0.3, 0.4) is 0 Å². The normalized spacial score (nSPS) is 18.0. The molecule has 8 aromatic rings. The lowest BCUT2D eigenvalue weighted by molar-refractivity contribution is 0.378.